The Bertz CT molecular complexity index is 855. The van der Waals surface area contributed by atoms with Crippen LogP contribution in [0.2, 0.25) is 22.8 Å². The second kappa shape index (κ2) is 17.1. The number of benzene rings is 2. The number of allylic oxidation sites excluding steroid dienone is 2. The van der Waals surface area contributed by atoms with Gasteiger partial charge in [0.05, 0.1) is 0 Å². The van der Waals surface area contributed by atoms with Crippen LogP contribution < -0.4 is 10.4 Å². The molecule has 3 heteroatoms. The van der Waals surface area contributed by atoms with E-state index in [4.69, 9.17) is 4.43 Å². The van der Waals surface area contributed by atoms with E-state index >= 15 is 0 Å². The van der Waals surface area contributed by atoms with Crippen molar-refractivity contribution in [3.05, 3.63) is 72.3 Å². The zero-order chi connectivity index (χ0) is 27.9. The van der Waals surface area contributed by atoms with Gasteiger partial charge < -0.3 is 0 Å². The van der Waals surface area contributed by atoms with Gasteiger partial charge in [0.2, 0.25) is 0 Å². The summed E-state index contributed by atoms with van der Waals surface area (Å²) >= 11 is -2.09. The van der Waals surface area contributed by atoms with Crippen LogP contribution in [0.4, 0.5) is 0 Å². The van der Waals surface area contributed by atoms with Gasteiger partial charge in [-0.1, -0.05) is 0 Å². The van der Waals surface area contributed by atoms with Gasteiger partial charge >= 0.3 is 243 Å². The third kappa shape index (κ3) is 9.66. The van der Waals surface area contributed by atoms with Crippen LogP contribution in [0.5, 0.6) is 0 Å². The zero-order valence-corrected chi connectivity index (χ0v) is 29.8. The Morgan fingerprint density at radius 1 is 0.737 bits per heavy atom. The SMILES string of the molecule is CCC[CH2][Sn]([CH2]/C=C(\C)CCCO[Si](c1ccccc1)(c1ccccc1)C(C)(C)C)([CH2]CCC)[CH2]CCC. The fourth-order valence-corrected chi connectivity index (χ4v) is 26.3. The molecule has 0 radical (unpaired) electrons. The molecule has 0 N–H and O–H groups in total. The molecular formula is C35H58OSiSn. The summed E-state index contributed by atoms with van der Waals surface area (Å²) < 4.78 is 13.4. The Labute approximate surface area is 241 Å². The van der Waals surface area contributed by atoms with Crippen LogP contribution in [-0.2, 0) is 4.43 Å². The Kier molecular flexibility index (Phi) is 15.0. The summed E-state index contributed by atoms with van der Waals surface area (Å²) in [6, 6.07) is 22.1. The van der Waals surface area contributed by atoms with Crippen LogP contribution in [0.1, 0.15) is 99.8 Å². The monoisotopic (exact) mass is 642 g/mol. The third-order valence-electron chi connectivity index (χ3n) is 8.52. The summed E-state index contributed by atoms with van der Waals surface area (Å²) in [4.78, 5) is 0. The van der Waals surface area contributed by atoms with E-state index in [-0.39, 0.29) is 5.04 Å². The first-order valence-electron chi connectivity index (χ1n) is 15.7. The fourth-order valence-electron chi connectivity index (χ4n) is 6.17. The Morgan fingerprint density at radius 3 is 1.58 bits per heavy atom. The molecule has 1 nitrogen and oxygen atoms in total. The van der Waals surface area contributed by atoms with Gasteiger partial charge in [0.1, 0.15) is 0 Å². The van der Waals surface area contributed by atoms with E-state index in [1.54, 1.807) is 18.9 Å². The Morgan fingerprint density at radius 2 is 1.18 bits per heavy atom. The predicted molar refractivity (Wildman–Crippen MR) is 176 cm³/mol. The van der Waals surface area contributed by atoms with E-state index < -0.39 is 26.7 Å². The van der Waals surface area contributed by atoms with Gasteiger partial charge in [-0.05, 0) is 0 Å². The quantitative estimate of drug-likeness (QED) is 0.0895. The van der Waals surface area contributed by atoms with E-state index in [1.165, 1.54) is 53.3 Å². The van der Waals surface area contributed by atoms with Crippen LogP contribution in [0, 0.1) is 0 Å². The average molecular weight is 642 g/mol. The molecule has 0 spiro atoms. The van der Waals surface area contributed by atoms with Crippen molar-refractivity contribution in [3.63, 3.8) is 0 Å². The number of rotatable bonds is 18. The topological polar surface area (TPSA) is 9.23 Å². The van der Waals surface area contributed by atoms with Gasteiger partial charge in [0.15, 0.2) is 0 Å². The van der Waals surface area contributed by atoms with Crippen molar-refractivity contribution in [1.29, 1.82) is 0 Å². The molecule has 0 heterocycles. The van der Waals surface area contributed by atoms with E-state index in [2.05, 4.69) is 115 Å². The van der Waals surface area contributed by atoms with Crippen LogP contribution in [0.15, 0.2) is 72.3 Å². The van der Waals surface area contributed by atoms with E-state index in [0.717, 1.165) is 19.4 Å². The molecule has 212 valence electrons. The maximum absolute atomic E-state index is 7.15. The van der Waals surface area contributed by atoms with Gasteiger partial charge in [-0.25, -0.2) is 0 Å². The zero-order valence-electron chi connectivity index (χ0n) is 26.0. The molecule has 0 aliphatic carbocycles. The molecule has 0 atom stereocenters. The van der Waals surface area contributed by atoms with Gasteiger partial charge in [-0.2, -0.15) is 0 Å². The molecule has 0 bridgehead atoms. The molecule has 0 saturated heterocycles. The van der Waals surface area contributed by atoms with Crippen LogP contribution >= 0.6 is 0 Å². The van der Waals surface area contributed by atoms with Gasteiger partial charge in [0, 0.05) is 0 Å². The van der Waals surface area contributed by atoms with E-state index in [0.29, 0.717) is 0 Å². The van der Waals surface area contributed by atoms with Crippen molar-refractivity contribution < 1.29 is 4.43 Å². The molecule has 0 aromatic heterocycles. The van der Waals surface area contributed by atoms with Crippen LogP contribution in [-0.4, -0.2) is 33.3 Å². The minimum atomic E-state index is -2.42. The second-order valence-electron chi connectivity index (χ2n) is 12.7. The summed E-state index contributed by atoms with van der Waals surface area (Å²) in [7, 11) is -2.42. The second-order valence-corrected chi connectivity index (χ2v) is 31.0. The fraction of sp³-hybridized carbons (Fsp3) is 0.600. The standard InChI is InChI=1S/C23H31OSi.3C4H9.Sn/c1-6-20(2)14-13-19-24-25(23(3,4)5,21-15-9-7-10-16-21)22-17-11-8-12-18-22;3*1-3-4-2;/h6-12,15-18H,1,13-14,19H2,2-5H3;3*1,3-4H2,2H3;/b20-6+;;;;. The molecule has 38 heavy (non-hydrogen) atoms. The molecule has 0 aliphatic rings. The number of hydrogen-bond acceptors (Lipinski definition) is 1. The van der Waals surface area contributed by atoms with Crippen molar-refractivity contribution in [1.82, 2.24) is 0 Å². The van der Waals surface area contributed by atoms with E-state index in [9.17, 15) is 0 Å². The number of hydrogen-bond donors (Lipinski definition) is 0. The average Bonchev–Trinajstić information content (AvgIpc) is 2.92. The Hall–Kier alpha value is -0.844. The molecule has 2 rings (SSSR count). The Balaban J connectivity index is 2.15. The molecule has 2 aromatic carbocycles. The molecule has 0 amide bonds. The van der Waals surface area contributed by atoms with Gasteiger partial charge in [-0.3, -0.25) is 0 Å². The molecule has 0 unspecified atom stereocenters. The summed E-state index contributed by atoms with van der Waals surface area (Å²) in [6.07, 6.45) is 13.4. The molecule has 0 fully saturated rings. The van der Waals surface area contributed by atoms with Crippen molar-refractivity contribution in [2.75, 3.05) is 6.61 Å². The van der Waals surface area contributed by atoms with Crippen LogP contribution in [0.3, 0.4) is 0 Å². The molecule has 2 aromatic rings. The van der Waals surface area contributed by atoms with Crippen molar-refractivity contribution in [2.45, 2.75) is 123 Å². The van der Waals surface area contributed by atoms with Crippen molar-refractivity contribution in [2.24, 2.45) is 0 Å². The first-order chi connectivity index (χ1) is 18.2. The predicted octanol–water partition coefficient (Wildman–Crippen LogP) is 10.1. The van der Waals surface area contributed by atoms with Crippen molar-refractivity contribution >= 4 is 37.1 Å². The first-order valence-corrected chi connectivity index (χ1v) is 25.6. The summed E-state index contributed by atoms with van der Waals surface area (Å²) in [6.45, 7) is 17.5. The van der Waals surface area contributed by atoms with Gasteiger partial charge in [-0.15, -0.1) is 0 Å². The maximum atomic E-state index is 7.15. The third-order valence-corrected chi connectivity index (χ3v) is 28.7. The van der Waals surface area contributed by atoms with Gasteiger partial charge in [0.25, 0.3) is 0 Å². The molecule has 0 saturated carbocycles. The summed E-state index contributed by atoms with van der Waals surface area (Å²) in [5.41, 5.74) is 1.60. The number of unbranched alkanes of at least 4 members (excludes halogenated alkanes) is 3. The van der Waals surface area contributed by atoms with Crippen molar-refractivity contribution in [3.8, 4) is 0 Å². The first kappa shape index (κ1) is 33.4. The van der Waals surface area contributed by atoms with E-state index in [1.807, 2.05) is 0 Å². The minimum absolute atomic E-state index is 0.0481. The molecular weight excluding hydrogens is 583 g/mol. The normalized spacial score (nSPS) is 13.2. The summed E-state index contributed by atoms with van der Waals surface area (Å²) in [5, 5.41) is 2.81. The summed E-state index contributed by atoms with van der Waals surface area (Å²) in [5.74, 6) is 0. The molecule has 0 aliphatic heterocycles. The van der Waals surface area contributed by atoms with Crippen LogP contribution in [0.25, 0.3) is 0 Å².